The van der Waals surface area contributed by atoms with E-state index in [9.17, 15) is 74.4 Å². The van der Waals surface area contributed by atoms with E-state index >= 15 is 4.79 Å². The number of amidine groups is 1. The summed E-state index contributed by atoms with van der Waals surface area (Å²) in [5.74, 6) is -7.12. The van der Waals surface area contributed by atoms with Crippen LogP contribution in [0.3, 0.4) is 0 Å². The second kappa shape index (κ2) is 42.5. The summed E-state index contributed by atoms with van der Waals surface area (Å²) in [5, 5.41) is 116. The molecule has 0 bridgehead atoms. The molecule has 0 spiro atoms. The van der Waals surface area contributed by atoms with Crippen LogP contribution in [0.5, 0.6) is 0 Å². The standard InChI is InChI=1S/C65H101ClN20O21S2/c1-27-43(83-56(86-54(27)69)34(19-40(68)90)78-20-33(67)55(70)96)60(100)85-45(51(35-21-74-26-79-35)105-64-53(49(94)47(92)38(22-87)104-64)106-63-50(95)52(107-65(71)102)48(93)39(23-88)103-63)61(101)80-29(3)46(91)28(2)57(97)84-44(30(4)89)59(99)77-17-12-42-81-37(25-108-42)62-82-36(24-109-62)58(98)76-16-7-14-73-13-6-15-75-41(72-5)18-31-8-10-32(66)11-9-31/h21,24-26,28-34,38-39,44-53,63-64,73,78,87-89,91-95H,6-20,22-23,67H2,1-5H3,(H2,68,90)(H2,70,96)(H2,71,102)(H,72,75)(H,74,79)(H,76,98)(H,77,99)(H,80,101)(H,84,97)(H,85,100)(H2,69,83,86)/t28?,29?,30?,31?,32?,33?,34?,38-,39+,44?,45?,46?,47+,48+,49-,50-,51?,52-,53-,63+,64-/m0/s1. The van der Waals surface area contributed by atoms with Gasteiger partial charge in [0.25, 0.3) is 11.8 Å². The number of primary amides is 3. The van der Waals surface area contributed by atoms with Crippen molar-refractivity contribution in [3.8, 4) is 10.7 Å². The third-order valence-corrected chi connectivity index (χ3v) is 20.7. The Kier molecular flexibility index (Phi) is 34.4. The van der Waals surface area contributed by atoms with Crippen molar-refractivity contribution in [1.29, 1.82) is 0 Å². The van der Waals surface area contributed by atoms with Crippen LogP contribution in [0.4, 0.5) is 10.6 Å². The van der Waals surface area contributed by atoms with Crippen LogP contribution in [0.1, 0.15) is 127 Å². The monoisotopic (exact) mass is 1600 g/mol. The van der Waals surface area contributed by atoms with Gasteiger partial charge in [-0.15, -0.1) is 34.3 Å². The van der Waals surface area contributed by atoms with Crippen molar-refractivity contribution in [3.63, 3.8) is 0 Å². The topological polar surface area (TPSA) is 663 Å². The highest BCUT2D eigenvalue weighted by Gasteiger charge is 2.54. The molecule has 3 aliphatic rings. The predicted octanol–water partition coefficient (Wildman–Crippen LogP) is -5.80. The van der Waals surface area contributed by atoms with Crippen LogP contribution in [0.15, 0.2) is 28.3 Å². The zero-order valence-corrected chi connectivity index (χ0v) is 63.0. The van der Waals surface area contributed by atoms with Crippen LogP contribution in [0, 0.1) is 18.8 Å². The summed E-state index contributed by atoms with van der Waals surface area (Å²) in [5.41, 5.74) is 28.1. The molecule has 44 heteroatoms. The van der Waals surface area contributed by atoms with Gasteiger partial charge < -0.3 is 141 Å². The number of amides is 8. The lowest BCUT2D eigenvalue weighted by Crippen LogP contribution is -2.65. The molecule has 27 N–H and O–H groups in total. The van der Waals surface area contributed by atoms with E-state index in [1.54, 1.807) is 10.8 Å². The number of nitrogens with one attached hydrogen (secondary N) is 9. The van der Waals surface area contributed by atoms with E-state index < -0.39 is 183 Å². The van der Waals surface area contributed by atoms with Crippen molar-refractivity contribution in [3.05, 3.63) is 56.8 Å². The van der Waals surface area contributed by atoms with Gasteiger partial charge in [0.1, 0.15) is 94.6 Å². The number of thiazole rings is 2. The van der Waals surface area contributed by atoms with Crippen LogP contribution >= 0.6 is 34.3 Å². The summed E-state index contributed by atoms with van der Waals surface area (Å²) in [7, 11) is 1.81. The van der Waals surface area contributed by atoms with E-state index in [0.717, 1.165) is 70.0 Å². The molecule has 606 valence electrons. The molecule has 2 aliphatic heterocycles. The van der Waals surface area contributed by atoms with Crippen molar-refractivity contribution in [2.45, 2.75) is 201 Å². The maximum absolute atomic E-state index is 15.2. The lowest BCUT2D eigenvalue weighted by atomic mass is 9.86. The number of alkyl halides is 1. The van der Waals surface area contributed by atoms with Gasteiger partial charge in [-0.1, -0.05) is 6.92 Å². The molecule has 0 aromatic carbocycles. The Morgan fingerprint density at radius 1 is 0.761 bits per heavy atom. The van der Waals surface area contributed by atoms with Crippen LogP contribution in [0.2, 0.25) is 0 Å². The highest BCUT2D eigenvalue weighted by atomic mass is 35.5. The molecule has 1 saturated carbocycles. The zero-order chi connectivity index (χ0) is 79.9. The second-order valence-electron chi connectivity index (χ2n) is 26.7. The largest absolute Gasteiger partial charge is 0.441 e. The highest BCUT2D eigenvalue weighted by Crippen LogP contribution is 2.36. The number of nitrogens with two attached hydrogens (primary N) is 5. The number of anilines is 1. The first-order chi connectivity index (χ1) is 51.8. The summed E-state index contributed by atoms with van der Waals surface area (Å²) in [6.07, 6.45) is -18.3. The number of nitrogens with zero attached hydrogens (tertiary/aromatic N) is 6. The SMILES string of the molecule is CN=C(CC1CCC(Cl)CC1)NCCCNCCCNC(=O)c1csc(-c2csc(CCNC(=O)C(NC(=O)C(C)C(O)C(C)NC(=O)C(NC(=O)c3nc(C(CC(N)=O)NCC(N)C(N)=O)nc(N)c3C)C(O[C@@H]3O[C@@H](CO)[C@@H](O)[C@H](O)[C@@H]3O[C@H]3O[C@H](CO)[C@@H](O)[C@H](OC(N)=O)[C@@H]3O)c3cnc[nH]3)C(C)O)n2)n1. The number of carbonyl (C=O) groups is 8. The number of aliphatic hydroxyl groups is 8. The first-order valence-electron chi connectivity index (χ1n) is 35.3. The molecule has 2 saturated heterocycles. The normalized spacial score (nSPS) is 24.9. The maximum Gasteiger partial charge on any atom is 0.404 e. The van der Waals surface area contributed by atoms with Crippen molar-refractivity contribution in [2.75, 3.05) is 65.3 Å². The van der Waals surface area contributed by atoms with E-state index in [0.29, 0.717) is 41.1 Å². The van der Waals surface area contributed by atoms with Gasteiger partial charge in [0, 0.05) is 74.2 Å². The fraction of sp³-hybridized carbons (Fsp3) is 0.662. The fourth-order valence-corrected chi connectivity index (χ4v) is 13.9. The molecule has 109 heavy (non-hydrogen) atoms. The van der Waals surface area contributed by atoms with Gasteiger partial charge in [0.2, 0.25) is 29.5 Å². The number of aromatic nitrogens is 6. The van der Waals surface area contributed by atoms with Crippen molar-refractivity contribution < 1.29 is 103 Å². The molecule has 3 fully saturated rings. The number of aliphatic imine (C=N–C) groups is 1. The number of imidazole rings is 1. The van der Waals surface area contributed by atoms with Crippen molar-refractivity contribution in [2.24, 2.45) is 39.8 Å². The first kappa shape index (κ1) is 88.3. The minimum absolute atomic E-state index is 0.0190. The number of aliphatic hydroxyl groups excluding tert-OH is 8. The number of H-pyrrole nitrogens is 1. The van der Waals surface area contributed by atoms with E-state index in [1.807, 2.05) is 7.05 Å². The number of aromatic amines is 1. The molecule has 7 rings (SSSR count). The van der Waals surface area contributed by atoms with E-state index in [-0.39, 0.29) is 59.4 Å². The van der Waals surface area contributed by atoms with E-state index in [4.69, 9.17) is 64.0 Å². The fourth-order valence-electron chi connectivity index (χ4n) is 12.1. The van der Waals surface area contributed by atoms with Crippen LogP contribution < -0.4 is 71.2 Å². The Labute approximate surface area is 639 Å². The molecule has 1 aliphatic carbocycles. The number of halogens is 1. The molecule has 8 amide bonds. The van der Waals surface area contributed by atoms with Crippen molar-refractivity contribution >= 4 is 93.4 Å². The molecule has 6 heterocycles. The minimum Gasteiger partial charge on any atom is -0.441 e. The lowest BCUT2D eigenvalue weighted by Gasteiger charge is -2.47. The molecule has 4 aromatic rings. The molecule has 9 unspecified atom stereocenters. The molecule has 4 aromatic heterocycles. The summed E-state index contributed by atoms with van der Waals surface area (Å²) in [6.45, 7) is 5.39. The molecule has 0 radical (unpaired) electrons. The summed E-state index contributed by atoms with van der Waals surface area (Å²) < 4.78 is 28.8. The summed E-state index contributed by atoms with van der Waals surface area (Å²) >= 11 is 8.78. The van der Waals surface area contributed by atoms with Gasteiger partial charge in [0.15, 0.2) is 18.7 Å². The number of hydrogen-bond acceptors (Lipinski definition) is 33. The van der Waals surface area contributed by atoms with Gasteiger partial charge >= 0.3 is 6.09 Å². The third-order valence-electron chi connectivity index (χ3n) is 18.5. The van der Waals surface area contributed by atoms with Crippen LogP contribution in [-0.2, 0) is 54.1 Å². The van der Waals surface area contributed by atoms with Crippen LogP contribution in [0.25, 0.3) is 10.7 Å². The minimum atomic E-state index is -2.20. The quantitative estimate of drug-likeness (QED) is 0.00852. The zero-order valence-electron chi connectivity index (χ0n) is 60.6. The highest BCUT2D eigenvalue weighted by molar-refractivity contribution is 7.14. The number of carbonyl (C=O) groups excluding carboxylic acids is 8. The Bertz CT molecular complexity index is 3670. The molecular formula is C65H101ClN20O21S2. The smallest absolute Gasteiger partial charge is 0.404 e. The Morgan fingerprint density at radius 3 is 2.07 bits per heavy atom. The second-order valence-corrected chi connectivity index (χ2v) is 29.1. The molecule has 41 nitrogen and oxygen atoms in total. The third kappa shape index (κ3) is 25.0. The van der Waals surface area contributed by atoms with E-state index in [1.165, 1.54) is 50.4 Å². The average molecular weight is 1600 g/mol. The summed E-state index contributed by atoms with van der Waals surface area (Å²) in [6, 6.07) is -7.89. The Morgan fingerprint density at radius 2 is 1.44 bits per heavy atom. The summed E-state index contributed by atoms with van der Waals surface area (Å²) in [4.78, 5) is 136. The van der Waals surface area contributed by atoms with E-state index in [2.05, 4.69) is 77.4 Å². The van der Waals surface area contributed by atoms with Crippen LogP contribution in [-0.4, -0.2) is 287 Å². The average Bonchev–Trinajstić information content (AvgIpc) is 1.35. The van der Waals surface area contributed by atoms with Gasteiger partial charge in [-0.2, -0.15) is 0 Å². The number of ether oxygens (including phenoxy) is 5. The lowest BCUT2D eigenvalue weighted by molar-refractivity contribution is -0.372. The van der Waals surface area contributed by atoms with Gasteiger partial charge in [-0.05, 0) is 78.3 Å². The van der Waals surface area contributed by atoms with Gasteiger partial charge in [-0.3, -0.25) is 38.6 Å². The predicted molar refractivity (Wildman–Crippen MR) is 390 cm³/mol. The van der Waals surface area contributed by atoms with Gasteiger partial charge in [0.05, 0.1) is 78.5 Å². The number of nitrogen functional groups attached to an aromatic ring is 1. The number of hydrogen-bond donors (Lipinski definition) is 22. The maximum atomic E-state index is 15.2. The molecule has 19 atom stereocenters. The number of rotatable bonds is 41. The first-order valence-corrected chi connectivity index (χ1v) is 37.5. The molecular weight excluding hydrogens is 1500 g/mol. The van der Waals surface area contributed by atoms with Gasteiger partial charge in [-0.25, -0.2) is 29.7 Å². The van der Waals surface area contributed by atoms with Crippen molar-refractivity contribution in [1.82, 2.24) is 72.4 Å². The Balaban J connectivity index is 1.01. The Hall–Kier alpha value is -7.93.